The van der Waals surface area contributed by atoms with Crippen LogP contribution in [0.5, 0.6) is 0 Å². The molecule has 0 saturated carbocycles. The van der Waals surface area contributed by atoms with Gasteiger partial charge in [0.2, 0.25) is 0 Å². The molecule has 0 spiro atoms. The molecule has 5 heteroatoms. The highest BCUT2D eigenvalue weighted by Crippen LogP contribution is 2.34. The van der Waals surface area contributed by atoms with E-state index in [1.165, 1.54) is 30.3 Å². The van der Waals surface area contributed by atoms with Gasteiger partial charge in [0.1, 0.15) is 17.7 Å². The van der Waals surface area contributed by atoms with Gasteiger partial charge in [0, 0.05) is 16.9 Å². The molecular weight excluding hydrogens is 262 g/mol. The highest BCUT2D eigenvalue weighted by atomic mass is 19.1. The average molecular weight is 274 g/mol. The monoisotopic (exact) mass is 274 g/mol. The van der Waals surface area contributed by atoms with Crippen LogP contribution in [0.3, 0.4) is 0 Å². The number of carbonyl (C=O) groups excluding carboxylic acids is 1. The Morgan fingerprint density at radius 3 is 2.55 bits per heavy atom. The molecule has 102 valence electrons. The largest absolute Gasteiger partial charge is 0.370 e. The first-order valence-electron chi connectivity index (χ1n) is 6.17. The standard InChI is InChI=1S/C15H12F2N2O/c1-8-6-9(16)2-4-12(8)18-14-11-7-10(17)3-5-13(11)19-15(14)20/h2-7,14,18H,1H3,(H,19,20). The second kappa shape index (κ2) is 4.59. The van der Waals surface area contributed by atoms with Crippen molar-refractivity contribution in [3.8, 4) is 0 Å². The zero-order valence-electron chi connectivity index (χ0n) is 10.7. The molecule has 0 bridgehead atoms. The summed E-state index contributed by atoms with van der Waals surface area (Å²) in [5.41, 5.74) is 2.47. The lowest BCUT2D eigenvalue weighted by Gasteiger charge is -2.15. The Balaban J connectivity index is 1.95. The molecule has 0 aliphatic carbocycles. The number of carbonyl (C=O) groups is 1. The Bertz CT molecular complexity index is 700. The Kier molecular flexibility index (Phi) is 2.89. The summed E-state index contributed by atoms with van der Waals surface area (Å²) in [5, 5.41) is 5.71. The Labute approximate surface area is 114 Å². The van der Waals surface area contributed by atoms with Gasteiger partial charge in [-0.1, -0.05) is 0 Å². The smallest absolute Gasteiger partial charge is 0.251 e. The number of aryl methyl sites for hydroxylation is 1. The lowest BCUT2D eigenvalue weighted by Crippen LogP contribution is -2.20. The van der Waals surface area contributed by atoms with E-state index in [2.05, 4.69) is 10.6 Å². The number of anilines is 2. The Hall–Kier alpha value is -2.43. The number of benzene rings is 2. The molecule has 2 N–H and O–H groups in total. The van der Waals surface area contributed by atoms with Crippen LogP contribution in [0, 0.1) is 18.6 Å². The second-order valence-electron chi connectivity index (χ2n) is 4.76. The number of nitrogens with one attached hydrogen (secondary N) is 2. The van der Waals surface area contributed by atoms with Gasteiger partial charge in [-0.15, -0.1) is 0 Å². The molecule has 0 radical (unpaired) electrons. The lowest BCUT2D eigenvalue weighted by molar-refractivity contribution is -0.116. The van der Waals surface area contributed by atoms with Crippen LogP contribution < -0.4 is 10.6 Å². The van der Waals surface area contributed by atoms with E-state index in [-0.39, 0.29) is 11.7 Å². The molecule has 0 saturated heterocycles. The maximum absolute atomic E-state index is 13.3. The van der Waals surface area contributed by atoms with Crippen LogP contribution in [0.4, 0.5) is 20.2 Å². The molecule has 20 heavy (non-hydrogen) atoms. The highest BCUT2D eigenvalue weighted by Gasteiger charge is 2.31. The van der Waals surface area contributed by atoms with Crippen molar-refractivity contribution in [1.29, 1.82) is 0 Å². The minimum atomic E-state index is -0.676. The van der Waals surface area contributed by atoms with Crippen LogP contribution in [0.15, 0.2) is 36.4 Å². The maximum atomic E-state index is 13.3. The van der Waals surface area contributed by atoms with Gasteiger partial charge >= 0.3 is 0 Å². The van der Waals surface area contributed by atoms with E-state index in [4.69, 9.17) is 0 Å². The second-order valence-corrected chi connectivity index (χ2v) is 4.76. The molecule has 1 aliphatic heterocycles. The van der Waals surface area contributed by atoms with Gasteiger partial charge in [-0.25, -0.2) is 8.78 Å². The summed E-state index contributed by atoms with van der Waals surface area (Å²) in [6, 6.07) is 7.73. The number of fused-ring (bicyclic) bond motifs is 1. The molecule has 0 aromatic heterocycles. The average Bonchev–Trinajstić information content (AvgIpc) is 2.69. The van der Waals surface area contributed by atoms with Crippen molar-refractivity contribution < 1.29 is 13.6 Å². The van der Waals surface area contributed by atoms with Crippen molar-refractivity contribution in [2.75, 3.05) is 10.6 Å². The zero-order chi connectivity index (χ0) is 14.3. The van der Waals surface area contributed by atoms with Crippen LogP contribution in [0.1, 0.15) is 17.2 Å². The number of rotatable bonds is 2. The number of hydrogen-bond acceptors (Lipinski definition) is 2. The summed E-state index contributed by atoms with van der Waals surface area (Å²) in [6.07, 6.45) is 0. The van der Waals surface area contributed by atoms with Gasteiger partial charge < -0.3 is 10.6 Å². The van der Waals surface area contributed by atoms with Gasteiger partial charge in [0.25, 0.3) is 5.91 Å². The Morgan fingerprint density at radius 1 is 1.10 bits per heavy atom. The molecule has 2 aromatic carbocycles. The van der Waals surface area contributed by atoms with Gasteiger partial charge in [-0.3, -0.25) is 4.79 Å². The third-order valence-electron chi connectivity index (χ3n) is 3.33. The Morgan fingerprint density at radius 2 is 1.80 bits per heavy atom. The fraction of sp³-hybridized carbons (Fsp3) is 0.133. The molecule has 1 heterocycles. The number of halogens is 2. The minimum Gasteiger partial charge on any atom is -0.370 e. The van der Waals surface area contributed by atoms with Crippen molar-refractivity contribution in [3.63, 3.8) is 0 Å². The van der Waals surface area contributed by atoms with Crippen molar-refractivity contribution in [2.24, 2.45) is 0 Å². The lowest BCUT2D eigenvalue weighted by atomic mass is 10.1. The predicted molar refractivity (Wildman–Crippen MR) is 72.5 cm³/mol. The fourth-order valence-corrected chi connectivity index (χ4v) is 2.32. The molecule has 3 rings (SSSR count). The third kappa shape index (κ3) is 2.11. The summed E-state index contributed by atoms with van der Waals surface area (Å²) in [6.45, 7) is 1.74. The maximum Gasteiger partial charge on any atom is 0.251 e. The van der Waals surface area contributed by atoms with E-state index in [9.17, 15) is 13.6 Å². The molecule has 0 fully saturated rings. The van der Waals surface area contributed by atoms with Crippen LogP contribution in [-0.2, 0) is 4.79 Å². The van der Waals surface area contributed by atoms with E-state index in [1.54, 1.807) is 13.0 Å². The van der Waals surface area contributed by atoms with Crippen molar-refractivity contribution in [1.82, 2.24) is 0 Å². The van der Waals surface area contributed by atoms with E-state index < -0.39 is 11.9 Å². The molecule has 2 aromatic rings. The van der Waals surface area contributed by atoms with Gasteiger partial charge in [-0.05, 0) is 48.9 Å². The van der Waals surface area contributed by atoms with Crippen molar-refractivity contribution in [3.05, 3.63) is 59.2 Å². The summed E-state index contributed by atoms with van der Waals surface area (Å²) >= 11 is 0. The van der Waals surface area contributed by atoms with Gasteiger partial charge in [0.05, 0.1) is 0 Å². The molecule has 1 amide bonds. The summed E-state index contributed by atoms with van der Waals surface area (Å²) in [5.74, 6) is -0.993. The van der Waals surface area contributed by atoms with Crippen LogP contribution in [0.25, 0.3) is 0 Å². The quantitative estimate of drug-likeness (QED) is 0.881. The van der Waals surface area contributed by atoms with E-state index >= 15 is 0 Å². The molecule has 1 atom stereocenters. The van der Waals surface area contributed by atoms with Crippen molar-refractivity contribution in [2.45, 2.75) is 13.0 Å². The van der Waals surface area contributed by atoms with Gasteiger partial charge in [0.15, 0.2) is 0 Å². The fourth-order valence-electron chi connectivity index (χ4n) is 2.32. The molecule has 1 aliphatic rings. The van der Waals surface area contributed by atoms with Crippen LogP contribution in [0.2, 0.25) is 0 Å². The molecular formula is C15H12F2N2O. The number of hydrogen-bond donors (Lipinski definition) is 2. The molecule has 1 unspecified atom stereocenters. The summed E-state index contributed by atoms with van der Waals surface area (Å²) in [4.78, 5) is 12.0. The van der Waals surface area contributed by atoms with Crippen LogP contribution in [-0.4, -0.2) is 5.91 Å². The van der Waals surface area contributed by atoms with Crippen LogP contribution >= 0.6 is 0 Å². The number of amides is 1. The zero-order valence-corrected chi connectivity index (χ0v) is 10.7. The van der Waals surface area contributed by atoms with E-state index in [0.717, 1.165) is 0 Å². The minimum absolute atomic E-state index is 0.255. The predicted octanol–water partition coefficient (Wildman–Crippen LogP) is 3.38. The van der Waals surface area contributed by atoms with Gasteiger partial charge in [-0.2, -0.15) is 0 Å². The molecule has 3 nitrogen and oxygen atoms in total. The van der Waals surface area contributed by atoms with E-state index in [1.807, 2.05) is 0 Å². The van der Waals surface area contributed by atoms with E-state index in [0.29, 0.717) is 22.5 Å². The SMILES string of the molecule is Cc1cc(F)ccc1NC1C(=O)Nc2ccc(F)cc21. The highest BCUT2D eigenvalue weighted by molar-refractivity contribution is 6.04. The normalized spacial score (nSPS) is 16.8. The third-order valence-corrected chi connectivity index (χ3v) is 3.33. The summed E-state index contributed by atoms with van der Waals surface area (Å²) in [7, 11) is 0. The van der Waals surface area contributed by atoms with Crippen molar-refractivity contribution >= 4 is 17.3 Å². The topological polar surface area (TPSA) is 41.1 Å². The first-order chi connectivity index (χ1) is 9.54. The first kappa shape index (κ1) is 12.6. The summed E-state index contributed by atoms with van der Waals surface area (Å²) < 4.78 is 26.4. The first-order valence-corrected chi connectivity index (χ1v) is 6.17.